The van der Waals surface area contributed by atoms with Crippen molar-refractivity contribution in [3.63, 3.8) is 0 Å². The van der Waals surface area contributed by atoms with E-state index in [1.165, 1.54) is 0 Å². The van der Waals surface area contributed by atoms with Gasteiger partial charge in [-0.25, -0.2) is 9.97 Å². The molecule has 0 saturated heterocycles. The topological polar surface area (TPSA) is 44.2 Å². The van der Waals surface area contributed by atoms with Gasteiger partial charge in [0.05, 0.1) is 12.7 Å². The van der Waals surface area contributed by atoms with Crippen LogP contribution in [0.3, 0.4) is 0 Å². The Bertz CT molecular complexity index is 688. The molecule has 5 heteroatoms. The first-order valence-electron chi connectivity index (χ1n) is 7.02. The van der Waals surface area contributed by atoms with Crippen LogP contribution < -0.4 is 9.47 Å². The van der Waals surface area contributed by atoms with Gasteiger partial charge in [-0.2, -0.15) is 0 Å². The molecule has 0 amide bonds. The summed E-state index contributed by atoms with van der Waals surface area (Å²) >= 11 is 6.09. The normalized spacial score (nSPS) is 16.5. The average molecular weight is 305 g/mol. The van der Waals surface area contributed by atoms with Gasteiger partial charge in [0.15, 0.2) is 5.82 Å². The van der Waals surface area contributed by atoms with Gasteiger partial charge >= 0.3 is 0 Å². The first-order chi connectivity index (χ1) is 10.1. The van der Waals surface area contributed by atoms with Gasteiger partial charge in [-0.05, 0) is 31.5 Å². The second kappa shape index (κ2) is 5.53. The lowest BCUT2D eigenvalue weighted by Crippen LogP contribution is -2.05. The summed E-state index contributed by atoms with van der Waals surface area (Å²) < 4.78 is 11.3. The van der Waals surface area contributed by atoms with E-state index in [1.54, 1.807) is 13.2 Å². The van der Waals surface area contributed by atoms with Crippen molar-refractivity contribution in [3.8, 4) is 22.9 Å². The molecule has 1 atom stereocenters. The summed E-state index contributed by atoms with van der Waals surface area (Å²) in [6.07, 6.45) is 1.88. The number of nitrogens with zero attached hydrogens (tertiary/aromatic N) is 2. The Kier molecular flexibility index (Phi) is 3.72. The third kappa shape index (κ3) is 2.68. The largest absolute Gasteiger partial charge is 0.496 e. The zero-order valence-electron chi connectivity index (χ0n) is 12.3. The van der Waals surface area contributed by atoms with Gasteiger partial charge in [0.25, 0.3) is 0 Å². The predicted octanol–water partition coefficient (Wildman–Crippen LogP) is 3.69. The number of benzene rings is 1. The molecule has 21 heavy (non-hydrogen) atoms. The van der Waals surface area contributed by atoms with Crippen molar-refractivity contribution in [3.05, 3.63) is 34.6 Å². The van der Waals surface area contributed by atoms with Crippen molar-refractivity contribution in [2.75, 3.05) is 7.11 Å². The summed E-state index contributed by atoms with van der Waals surface area (Å²) in [6, 6.07) is 5.73. The molecule has 1 aromatic carbocycles. The molecule has 2 aromatic rings. The maximum atomic E-state index is 6.09. The fourth-order valence-corrected chi connectivity index (χ4v) is 2.75. The summed E-state index contributed by atoms with van der Waals surface area (Å²) in [6.45, 7) is 4.09. The van der Waals surface area contributed by atoms with Gasteiger partial charge in [0.1, 0.15) is 22.8 Å². The van der Waals surface area contributed by atoms with Gasteiger partial charge in [-0.3, -0.25) is 0 Å². The maximum Gasteiger partial charge on any atom is 0.164 e. The lowest BCUT2D eigenvalue weighted by molar-refractivity contribution is 0.254. The fourth-order valence-electron chi connectivity index (χ4n) is 2.55. The molecule has 2 heterocycles. The smallest absolute Gasteiger partial charge is 0.164 e. The quantitative estimate of drug-likeness (QED) is 0.811. The third-order valence-electron chi connectivity index (χ3n) is 3.57. The molecule has 0 N–H and O–H groups in total. The highest BCUT2D eigenvalue weighted by Crippen LogP contribution is 2.39. The highest BCUT2D eigenvalue weighted by Gasteiger charge is 2.23. The summed E-state index contributed by atoms with van der Waals surface area (Å²) in [7, 11) is 1.65. The van der Waals surface area contributed by atoms with Crippen LogP contribution in [0, 0.1) is 0 Å². The number of aromatic nitrogens is 2. The summed E-state index contributed by atoms with van der Waals surface area (Å²) in [4.78, 5) is 8.87. The van der Waals surface area contributed by atoms with Crippen LogP contribution in [0.15, 0.2) is 18.2 Å². The highest BCUT2D eigenvalue weighted by molar-refractivity contribution is 6.29. The van der Waals surface area contributed by atoms with E-state index in [2.05, 4.69) is 16.9 Å². The van der Waals surface area contributed by atoms with Crippen molar-refractivity contribution in [2.45, 2.75) is 32.8 Å². The van der Waals surface area contributed by atoms with Crippen LogP contribution in [0.25, 0.3) is 11.4 Å². The number of rotatable bonds is 3. The minimum atomic E-state index is 0.187. The van der Waals surface area contributed by atoms with Crippen LogP contribution in [-0.2, 0) is 12.8 Å². The predicted molar refractivity (Wildman–Crippen MR) is 82.2 cm³/mol. The minimum Gasteiger partial charge on any atom is -0.496 e. The molecule has 1 aliphatic rings. The number of halogens is 1. The molecule has 0 bridgehead atoms. The van der Waals surface area contributed by atoms with Crippen LogP contribution in [0.2, 0.25) is 5.15 Å². The van der Waals surface area contributed by atoms with E-state index in [1.807, 2.05) is 19.1 Å². The molecule has 1 unspecified atom stereocenters. The summed E-state index contributed by atoms with van der Waals surface area (Å²) in [5, 5.41) is 0.439. The molecule has 4 nitrogen and oxygen atoms in total. The van der Waals surface area contributed by atoms with E-state index >= 15 is 0 Å². The average Bonchev–Trinajstić information content (AvgIpc) is 2.84. The molecule has 3 rings (SSSR count). The molecule has 0 spiro atoms. The van der Waals surface area contributed by atoms with Crippen LogP contribution >= 0.6 is 11.6 Å². The van der Waals surface area contributed by atoms with Gasteiger partial charge in [0, 0.05) is 17.7 Å². The van der Waals surface area contributed by atoms with E-state index in [0.29, 0.717) is 11.0 Å². The van der Waals surface area contributed by atoms with E-state index in [-0.39, 0.29) is 6.10 Å². The summed E-state index contributed by atoms with van der Waals surface area (Å²) in [5.41, 5.74) is 2.87. The highest BCUT2D eigenvalue weighted by atomic mass is 35.5. The van der Waals surface area contributed by atoms with Crippen molar-refractivity contribution in [1.29, 1.82) is 0 Å². The Morgan fingerprint density at radius 1 is 1.33 bits per heavy atom. The van der Waals surface area contributed by atoms with E-state index in [4.69, 9.17) is 21.1 Å². The van der Waals surface area contributed by atoms with Gasteiger partial charge < -0.3 is 9.47 Å². The lowest BCUT2D eigenvalue weighted by Gasteiger charge is -2.11. The number of ether oxygens (including phenoxy) is 2. The molecule has 0 saturated carbocycles. The number of methoxy groups -OCH3 is 1. The van der Waals surface area contributed by atoms with Crippen molar-refractivity contribution < 1.29 is 9.47 Å². The Hall–Kier alpha value is -1.81. The molecule has 110 valence electrons. The number of hydrogen-bond acceptors (Lipinski definition) is 4. The van der Waals surface area contributed by atoms with E-state index < -0.39 is 0 Å². The molecule has 1 aromatic heterocycles. The van der Waals surface area contributed by atoms with Crippen LogP contribution in [-0.4, -0.2) is 23.2 Å². The van der Waals surface area contributed by atoms with Crippen molar-refractivity contribution >= 4 is 11.6 Å². The second-order valence-electron chi connectivity index (χ2n) is 5.15. The molecule has 0 fully saturated rings. The van der Waals surface area contributed by atoms with Gasteiger partial charge in [-0.1, -0.05) is 18.5 Å². The first-order valence-corrected chi connectivity index (χ1v) is 7.40. The minimum absolute atomic E-state index is 0.187. The molecular formula is C16H17ClN2O2. The number of hydrogen-bond donors (Lipinski definition) is 0. The molecule has 1 aliphatic heterocycles. The SMILES string of the molecule is CCc1cc(Cl)nc(-c2cc3c(cc2OC)CC(C)O3)n1. The first kappa shape index (κ1) is 14.1. The molecule has 0 radical (unpaired) electrons. The van der Waals surface area contributed by atoms with Crippen LogP contribution in [0.1, 0.15) is 25.1 Å². The standard InChI is InChI=1S/C16H17ClN2O2/c1-4-11-7-15(17)19-16(18-11)12-8-13-10(5-9(2)21-13)6-14(12)20-3/h6-9H,4-5H2,1-3H3. The van der Waals surface area contributed by atoms with Gasteiger partial charge in [0.2, 0.25) is 0 Å². The van der Waals surface area contributed by atoms with E-state index in [9.17, 15) is 0 Å². The second-order valence-corrected chi connectivity index (χ2v) is 5.54. The lowest BCUT2D eigenvalue weighted by atomic mass is 10.1. The van der Waals surface area contributed by atoms with Crippen molar-refractivity contribution in [1.82, 2.24) is 9.97 Å². The maximum absolute atomic E-state index is 6.09. The zero-order chi connectivity index (χ0) is 15.0. The number of fused-ring (bicyclic) bond motifs is 1. The monoisotopic (exact) mass is 304 g/mol. The Balaban J connectivity index is 2.14. The Morgan fingerprint density at radius 3 is 2.86 bits per heavy atom. The van der Waals surface area contributed by atoms with E-state index in [0.717, 1.165) is 41.2 Å². The molecule has 0 aliphatic carbocycles. The number of aryl methyl sites for hydroxylation is 1. The summed E-state index contributed by atoms with van der Waals surface area (Å²) in [5.74, 6) is 2.19. The molecular weight excluding hydrogens is 288 g/mol. The fraction of sp³-hybridized carbons (Fsp3) is 0.375. The van der Waals surface area contributed by atoms with Crippen LogP contribution in [0.5, 0.6) is 11.5 Å². The van der Waals surface area contributed by atoms with Crippen LogP contribution in [0.4, 0.5) is 0 Å². The Morgan fingerprint density at radius 2 is 2.14 bits per heavy atom. The van der Waals surface area contributed by atoms with Gasteiger partial charge in [-0.15, -0.1) is 0 Å². The Labute approximate surface area is 129 Å². The third-order valence-corrected chi connectivity index (χ3v) is 3.76. The van der Waals surface area contributed by atoms with Crippen molar-refractivity contribution in [2.24, 2.45) is 0 Å². The zero-order valence-corrected chi connectivity index (χ0v) is 13.1.